The summed E-state index contributed by atoms with van der Waals surface area (Å²) >= 11 is 15.1. The highest BCUT2D eigenvalue weighted by molar-refractivity contribution is 9.09. The molecule has 0 spiro atoms. The van der Waals surface area contributed by atoms with Gasteiger partial charge in [-0.05, 0) is 36.2 Å². The maximum Gasteiger partial charge on any atom is 0.129 e. The molecule has 0 N–H and O–H groups in total. The molecular formula is C14H10BrCl2F. The summed E-state index contributed by atoms with van der Waals surface area (Å²) < 4.78 is 13.7. The number of alkyl halides is 1. The Hall–Kier alpha value is -0.570. The van der Waals surface area contributed by atoms with E-state index in [0.717, 1.165) is 5.56 Å². The van der Waals surface area contributed by atoms with Gasteiger partial charge in [-0.3, -0.25) is 0 Å². The third-order valence-electron chi connectivity index (χ3n) is 2.63. The summed E-state index contributed by atoms with van der Waals surface area (Å²) in [6.07, 6.45) is 0.690. The molecule has 2 rings (SSSR count). The molecule has 0 aliphatic rings. The van der Waals surface area contributed by atoms with Gasteiger partial charge < -0.3 is 0 Å². The Morgan fingerprint density at radius 3 is 2.22 bits per heavy atom. The molecule has 4 heteroatoms. The first-order valence-electron chi connectivity index (χ1n) is 5.40. The van der Waals surface area contributed by atoms with Crippen molar-refractivity contribution < 1.29 is 4.39 Å². The lowest BCUT2D eigenvalue weighted by atomic mass is 10.0. The van der Waals surface area contributed by atoms with Crippen LogP contribution in [0, 0.1) is 5.82 Å². The van der Waals surface area contributed by atoms with E-state index in [9.17, 15) is 4.39 Å². The largest absolute Gasteiger partial charge is 0.207 e. The topological polar surface area (TPSA) is 0 Å². The van der Waals surface area contributed by atoms with E-state index in [2.05, 4.69) is 15.9 Å². The Morgan fingerprint density at radius 1 is 1.00 bits per heavy atom. The van der Waals surface area contributed by atoms with Gasteiger partial charge in [-0.25, -0.2) is 4.39 Å². The molecule has 0 aromatic heterocycles. The van der Waals surface area contributed by atoms with Gasteiger partial charge in [0, 0.05) is 20.4 Å². The maximum atomic E-state index is 13.7. The third-order valence-corrected chi connectivity index (χ3v) is 3.93. The fourth-order valence-electron chi connectivity index (χ4n) is 1.69. The van der Waals surface area contributed by atoms with Gasteiger partial charge in [0.25, 0.3) is 0 Å². The fraction of sp³-hybridized carbons (Fsp3) is 0.143. The third kappa shape index (κ3) is 3.47. The van der Waals surface area contributed by atoms with Crippen LogP contribution in [0.15, 0.2) is 42.5 Å². The lowest BCUT2D eigenvalue weighted by Gasteiger charge is -2.11. The van der Waals surface area contributed by atoms with Crippen LogP contribution in [0.1, 0.15) is 16.0 Å². The summed E-state index contributed by atoms with van der Waals surface area (Å²) in [5.74, 6) is -0.293. The van der Waals surface area contributed by atoms with E-state index in [1.807, 2.05) is 24.3 Å². The van der Waals surface area contributed by atoms with Crippen molar-refractivity contribution in [2.24, 2.45) is 0 Å². The average molecular weight is 348 g/mol. The smallest absolute Gasteiger partial charge is 0.129 e. The van der Waals surface area contributed by atoms with Crippen molar-refractivity contribution in [1.29, 1.82) is 0 Å². The second-order valence-corrected chi connectivity index (χ2v) is 5.94. The summed E-state index contributed by atoms with van der Waals surface area (Å²) in [7, 11) is 0. The van der Waals surface area contributed by atoms with Crippen molar-refractivity contribution in [3.05, 3.63) is 69.5 Å². The molecular weight excluding hydrogens is 338 g/mol. The Labute approximate surface area is 124 Å². The van der Waals surface area contributed by atoms with Crippen LogP contribution in [0.2, 0.25) is 10.0 Å². The zero-order chi connectivity index (χ0) is 13.1. The molecule has 1 atom stereocenters. The summed E-state index contributed by atoms with van der Waals surface area (Å²) in [5, 5.41) is 1.10. The summed E-state index contributed by atoms with van der Waals surface area (Å²) in [6, 6.07) is 12.2. The van der Waals surface area contributed by atoms with Crippen molar-refractivity contribution in [3.8, 4) is 0 Å². The van der Waals surface area contributed by atoms with Crippen LogP contribution in [0.5, 0.6) is 0 Å². The standard InChI is InChI=1S/C14H10BrCl2F/c15-13(7-9-1-3-10(16)4-2-9)12-6-5-11(17)8-14(12)18/h1-6,8,13H,7H2. The van der Waals surface area contributed by atoms with Gasteiger partial charge in [-0.15, -0.1) is 0 Å². The molecule has 2 aromatic carbocycles. The molecule has 0 aliphatic heterocycles. The maximum absolute atomic E-state index is 13.7. The molecule has 0 nitrogen and oxygen atoms in total. The molecule has 94 valence electrons. The molecule has 0 radical (unpaired) electrons. The number of hydrogen-bond donors (Lipinski definition) is 0. The molecule has 0 aliphatic carbocycles. The molecule has 0 saturated carbocycles. The lowest BCUT2D eigenvalue weighted by molar-refractivity contribution is 0.608. The first-order chi connectivity index (χ1) is 8.56. The molecule has 0 saturated heterocycles. The van der Waals surface area contributed by atoms with E-state index < -0.39 is 0 Å². The number of rotatable bonds is 3. The monoisotopic (exact) mass is 346 g/mol. The predicted molar refractivity (Wildman–Crippen MR) is 78.2 cm³/mol. The van der Waals surface area contributed by atoms with Crippen LogP contribution < -0.4 is 0 Å². The number of benzene rings is 2. The quantitative estimate of drug-likeness (QED) is 0.614. The summed E-state index contributed by atoms with van der Waals surface area (Å²) in [5.41, 5.74) is 1.70. The molecule has 18 heavy (non-hydrogen) atoms. The SMILES string of the molecule is Fc1cc(Cl)ccc1C(Br)Cc1ccc(Cl)cc1. The second kappa shape index (κ2) is 6.05. The van der Waals surface area contributed by atoms with E-state index in [0.29, 0.717) is 22.0 Å². The molecule has 0 amide bonds. The van der Waals surface area contributed by atoms with E-state index in [1.165, 1.54) is 6.07 Å². The summed E-state index contributed by atoms with van der Waals surface area (Å²) in [4.78, 5) is -0.0871. The molecule has 2 aromatic rings. The van der Waals surface area contributed by atoms with Crippen LogP contribution in [-0.2, 0) is 6.42 Å². The Morgan fingerprint density at radius 2 is 1.61 bits per heavy atom. The van der Waals surface area contributed by atoms with Crippen LogP contribution in [0.25, 0.3) is 0 Å². The minimum absolute atomic E-state index is 0.0871. The Balaban J connectivity index is 2.16. The molecule has 1 unspecified atom stereocenters. The van der Waals surface area contributed by atoms with Gasteiger partial charge in [-0.1, -0.05) is 57.3 Å². The van der Waals surface area contributed by atoms with E-state index >= 15 is 0 Å². The number of hydrogen-bond acceptors (Lipinski definition) is 0. The van der Waals surface area contributed by atoms with Gasteiger partial charge in [0.15, 0.2) is 0 Å². The first-order valence-corrected chi connectivity index (χ1v) is 7.07. The molecule has 0 fully saturated rings. The highest BCUT2D eigenvalue weighted by Crippen LogP contribution is 2.30. The Kier molecular flexibility index (Phi) is 4.66. The molecule has 0 bridgehead atoms. The molecule has 0 heterocycles. The van der Waals surface area contributed by atoms with E-state index in [1.54, 1.807) is 12.1 Å². The summed E-state index contributed by atoms with van der Waals surface area (Å²) in [6.45, 7) is 0. The van der Waals surface area contributed by atoms with Gasteiger partial charge in [0.1, 0.15) is 5.82 Å². The normalized spacial score (nSPS) is 12.4. The first kappa shape index (κ1) is 13.9. The minimum Gasteiger partial charge on any atom is -0.207 e. The zero-order valence-corrected chi connectivity index (χ0v) is 12.4. The second-order valence-electron chi connectivity index (χ2n) is 3.96. The van der Waals surface area contributed by atoms with Crippen molar-refractivity contribution in [3.63, 3.8) is 0 Å². The highest BCUT2D eigenvalue weighted by Gasteiger charge is 2.13. The van der Waals surface area contributed by atoms with Crippen molar-refractivity contribution in [2.45, 2.75) is 11.2 Å². The van der Waals surface area contributed by atoms with Crippen molar-refractivity contribution in [2.75, 3.05) is 0 Å². The highest BCUT2D eigenvalue weighted by atomic mass is 79.9. The van der Waals surface area contributed by atoms with Crippen molar-refractivity contribution >= 4 is 39.1 Å². The van der Waals surface area contributed by atoms with Crippen LogP contribution in [0.4, 0.5) is 4.39 Å². The van der Waals surface area contributed by atoms with Gasteiger partial charge in [0.2, 0.25) is 0 Å². The minimum atomic E-state index is -0.293. The van der Waals surface area contributed by atoms with E-state index in [-0.39, 0.29) is 10.6 Å². The van der Waals surface area contributed by atoms with Crippen LogP contribution >= 0.6 is 39.1 Å². The predicted octanol–water partition coefficient (Wildman–Crippen LogP) is 5.81. The van der Waals surface area contributed by atoms with E-state index in [4.69, 9.17) is 23.2 Å². The number of halogens is 4. The van der Waals surface area contributed by atoms with Gasteiger partial charge in [0.05, 0.1) is 0 Å². The average Bonchev–Trinajstić information content (AvgIpc) is 2.32. The van der Waals surface area contributed by atoms with Gasteiger partial charge in [-0.2, -0.15) is 0 Å². The van der Waals surface area contributed by atoms with Crippen LogP contribution in [-0.4, -0.2) is 0 Å². The fourth-order valence-corrected chi connectivity index (χ4v) is 2.72. The van der Waals surface area contributed by atoms with Crippen molar-refractivity contribution in [1.82, 2.24) is 0 Å². The Bertz CT molecular complexity index is 540. The zero-order valence-electron chi connectivity index (χ0n) is 9.34. The lowest BCUT2D eigenvalue weighted by Crippen LogP contribution is -1.98. The van der Waals surface area contributed by atoms with Crippen LogP contribution in [0.3, 0.4) is 0 Å². The van der Waals surface area contributed by atoms with Gasteiger partial charge >= 0.3 is 0 Å².